The van der Waals surface area contributed by atoms with E-state index in [0.29, 0.717) is 16.8 Å². The van der Waals surface area contributed by atoms with Crippen LogP contribution in [0.1, 0.15) is 83.6 Å². The Hall–Kier alpha value is -1.40. The Morgan fingerprint density at radius 2 is 1.47 bits per heavy atom. The van der Waals surface area contributed by atoms with Gasteiger partial charge in [0.05, 0.1) is 40.5 Å². The van der Waals surface area contributed by atoms with E-state index in [2.05, 4.69) is 19.1 Å². The molecular formula is C28H50NO6P. The van der Waals surface area contributed by atoms with Gasteiger partial charge in [0.25, 0.3) is 0 Å². The van der Waals surface area contributed by atoms with E-state index in [1.807, 2.05) is 33.3 Å². The second-order valence-electron chi connectivity index (χ2n) is 10.8. The molecule has 2 atom stereocenters. The summed E-state index contributed by atoms with van der Waals surface area (Å²) in [4.78, 5) is 23.6. The molecule has 0 heterocycles. The lowest BCUT2D eigenvalue weighted by atomic mass is 10.0. The number of esters is 1. The van der Waals surface area contributed by atoms with E-state index in [1.54, 1.807) is 0 Å². The van der Waals surface area contributed by atoms with Gasteiger partial charge in [-0.3, -0.25) is 4.79 Å². The number of nitrogens with zero attached hydrogens (tertiary/aromatic N) is 1. The summed E-state index contributed by atoms with van der Waals surface area (Å²) in [6, 6.07) is 7.90. The SMILES string of the molecule is CCCCCCCCCCCCc1ccc(OCC(COP(=O)([O-])CC[N+](C)(C)C)OC(C)=O)cc1. The van der Waals surface area contributed by atoms with Crippen molar-refractivity contribution >= 4 is 13.6 Å². The summed E-state index contributed by atoms with van der Waals surface area (Å²) >= 11 is 0. The van der Waals surface area contributed by atoms with Crippen molar-refractivity contribution < 1.29 is 32.7 Å². The highest BCUT2D eigenvalue weighted by atomic mass is 31.2. The van der Waals surface area contributed by atoms with Gasteiger partial charge in [-0.2, -0.15) is 0 Å². The summed E-state index contributed by atoms with van der Waals surface area (Å²) in [5.41, 5.74) is 1.27. The van der Waals surface area contributed by atoms with E-state index in [-0.39, 0.29) is 19.4 Å². The van der Waals surface area contributed by atoms with Crippen molar-refractivity contribution in [2.24, 2.45) is 0 Å². The molecule has 36 heavy (non-hydrogen) atoms. The maximum Gasteiger partial charge on any atom is 0.303 e. The summed E-state index contributed by atoms with van der Waals surface area (Å²) in [6.45, 7) is 3.73. The molecule has 0 aromatic heterocycles. The smallest absolute Gasteiger partial charge is 0.303 e. The van der Waals surface area contributed by atoms with Crippen LogP contribution in [0.4, 0.5) is 0 Å². The molecule has 0 aliphatic heterocycles. The average molecular weight is 528 g/mol. The first-order chi connectivity index (χ1) is 17.0. The van der Waals surface area contributed by atoms with Crippen LogP contribution in [0.25, 0.3) is 0 Å². The third kappa shape index (κ3) is 17.9. The number of carbonyl (C=O) groups excluding carboxylic acids is 1. The molecule has 0 spiro atoms. The second kappa shape index (κ2) is 18.0. The molecule has 0 saturated carbocycles. The molecule has 1 aromatic rings. The normalized spacial score (nSPS) is 14.3. The summed E-state index contributed by atoms with van der Waals surface area (Å²) in [5, 5.41) is 0. The first-order valence-electron chi connectivity index (χ1n) is 13.6. The zero-order chi connectivity index (χ0) is 26.9. The lowest BCUT2D eigenvalue weighted by Gasteiger charge is -2.30. The zero-order valence-electron chi connectivity index (χ0n) is 23.3. The van der Waals surface area contributed by atoms with E-state index >= 15 is 0 Å². The Bertz CT molecular complexity index is 762. The summed E-state index contributed by atoms with van der Waals surface area (Å²) < 4.78 is 28.8. The summed E-state index contributed by atoms with van der Waals surface area (Å²) in [7, 11) is 1.72. The van der Waals surface area contributed by atoms with Gasteiger partial charge in [0, 0.05) is 6.92 Å². The predicted octanol–water partition coefficient (Wildman–Crippen LogP) is 5.74. The molecule has 0 aliphatic rings. The van der Waals surface area contributed by atoms with Gasteiger partial charge < -0.3 is 27.9 Å². The standard InChI is InChI=1S/C28H50NO6P/c1-6-7-8-9-10-11-12-13-14-15-16-26-17-19-27(20-18-26)33-23-28(35-25(2)30)24-34-36(31,32)22-21-29(3,4)5/h17-20,28H,6-16,21-24H2,1-5H3. The van der Waals surface area contributed by atoms with E-state index in [1.165, 1.54) is 76.7 Å². The quantitative estimate of drug-likeness (QED) is 0.0878. The number of unbranched alkanes of at least 4 members (excludes halogenated alkanes) is 9. The lowest BCUT2D eigenvalue weighted by Crippen LogP contribution is -2.38. The van der Waals surface area contributed by atoms with Crippen LogP contribution in [-0.4, -0.2) is 63.6 Å². The first kappa shape index (κ1) is 32.6. The molecule has 0 N–H and O–H groups in total. The molecule has 7 nitrogen and oxygen atoms in total. The number of quaternary nitrogens is 1. The maximum atomic E-state index is 12.2. The molecule has 0 radical (unpaired) electrons. The zero-order valence-corrected chi connectivity index (χ0v) is 24.2. The van der Waals surface area contributed by atoms with E-state index in [0.717, 1.165) is 6.42 Å². The van der Waals surface area contributed by atoms with Gasteiger partial charge >= 0.3 is 5.97 Å². The minimum Gasteiger partial charge on any atom is -0.778 e. The maximum absolute atomic E-state index is 12.2. The van der Waals surface area contributed by atoms with Crippen LogP contribution in [-0.2, 0) is 25.0 Å². The molecule has 1 rings (SSSR count). The fourth-order valence-electron chi connectivity index (χ4n) is 3.79. The van der Waals surface area contributed by atoms with Crippen LogP contribution in [0.2, 0.25) is 0 Å². The molecule has 208 valence electrons. The van der Waals surface area contributed by atoms with E-state index in [4.69, 9.17) is 14.0 Å². The van der Waals surface area contributed by atoms with Gasteiger partial charge in [0.15, 0.2) is 6.10 Å². The molecular weight excluding hydrogens is 477 g/mol. The monoisotopic (exact) mass is 527 g/mol. The molecule has 2 unspecified atom stereocenters. The van der Waals surface area contributed by atoms with Crippen molar-refractivity contribution in [2.45, 2.75) is 90.6 Å². The molecule has 0 amide bonds. The van der Waals surface area contributed by atoms with Crippen LogP contribution in [0.5, 0.6) is 5.75 Å². The highest BCUT2D eigenvalue weighted by molar-refractivity contribution is 7.51. The summed E-state index contributed by atoms with van der Waals surface area (Å²) in [6.07, 6.45) is 13.4. The van der Waals surface area contributed by atoms with Crippen molar-refractivity contribution in [3.63, 3.8) is 0 Å². The number of hydrogen-bond donors (Lipinski definition) is 0. The number of benzene rings is 1. The van der Waals surface area contributed by atoms with Crippen LogP contribution >= 0.6 is 7.60 Å². The Kier molecular flexibility index (Phi) is 16.3. The molecule has 0 bridgehead atoms. The number of ether oxygens (including phenoxy) is 2. The van der Waals surface area contributed by atoms with Crippen molar-refractivity contribution in [3.8, 4) is 5.75 Å². The largest absolute Gasteiger partial charge is 0.778 e. The second-order valence-corrected chi connectivity index (χ2v) is 12.7. The third-order valence-corrected chi connectivity index (χ3v) is 7.30. The van der Waals surface area contributed by atoms with Gasteiger partial charge in [0.2, 0.25) is 0 Å². The van der Waals surface area contributed by atoms with Crippen LogP contribution in [0, 0.1) is 0 Å². The first-order valence-corrected chi connectivity index (χ1v) is 15.4. The Labute approximate surface area is 219 Å². The summed E-state index contributed by atoms with van der Waals surface area (Å²) in [5.74, 6) is 0.139. The van der Waals surface area contributed by atoms with E-state index < -0.39 is 19.7 Å². The third-order valence-electron chi connectivity index (χ3n) is 6.01. The molecule has 0 aliphatic carbocycles. The predicted molar refractivity (Wildman–Crippen MR) is 144 cm³/mol. The van der Waals surface area contributed by atoms with Crippen molar-refractivity contribution in [1.29, 1.82) is 0 Å². The van der Waals surface area contributed by atoms with Gasteiger partial charge in [0.1, 0.15) is 20.0 Å². The highest BCUT2D eigenvalue weighted by Gasteiger charge is 2.20. The molecule has 8 heteroatoms. The van der Waals surface area contributed by atoms with Crippen molar-refractivity contribution in [2.75, 3.05) is 47.1 Å². The van der Waals surface area contributed by atoms with Crippen molar-refractivity contribution in [1.82, 2.24) is 0 Å². The van der Waals surface area contributed by atoms with Gasteiger partial charge in [-0.05, 0) is 30.5 Å². The van der Waals surface area contributed by atoms with Gasteiger partial charge in [-0.1, -0.05) is 76.8 Å². The number of hydrogen-bond acceptors (Lipinski definition) is 6. The Morgan fingerprint density at radius 1 is 0.917 bits per heavy atom. The highest BCUT2D eigenvalue weighted by Crippen LogP contribution is 2.37. The lowest BCUT2D eigenvalue weighted by molar-refractivity contribution is -0.868. The fourth-order valence-corrected chi connectivity index (χ4v) is 5.16. The minimum absolute atomic E-state index is 0.0205. The minimum atomic E-state index is -4.03. The molecule has 0 fully saturated rings. The number of carbonyl (C=O) groups is 1. The average Bonchev–Trinajstić information content (AvgIpc) is 2.81. The van der Waals surface area contributed by atoms with Crippen LogP contribution in [0.15, 0.2) is 24.3 Å². The van der Waals surface area contributed by atoms with Gasteiger partial charge in [-0.25, -0.2) is 0 Å². The number of rotatable bonds is 21. The number of aryl methyl sites for hydroxylation is 1. The fraction of sp³-hybridized carbons (Fsp3) is 0.750. The Balaban J connectivity index is 2.33. The molecule has 0 saturated heterocycles. The van der Waals surface area contributed by atoms with Crippen molar-refractivity contribution in [3.05, 3.63) is 29.8 Å². The van der Waals surface area contributed by atoms with E-state index in [9.17, 15) is 14.3 Å². The van der Waals surface area contributed by atoms with Gasteiger partial charge in [-0.15, -0.1) is 0 Å². The van der Waals surface area contributed by atoms with Crippen LogP contribution in [0.3, 0.4) is 0 Å². The topological polar surface area (TPSA) is 84.9 Å². The Morgan fingerprint density at radius 3 is 2.00 bits per heavy atom. The van der Waals surface area contributed by atoms with Crippen LogP contribution < -0.4 is 9.63 Å². The molecule has 1 aromatic carbocycles.